The number of nitrogens with zero attached hydrogens (tertiary/aromatic N) is 4. The Bertz CT molecular complexity index is 1250. The summed E-state index contributed by atoms with van der Waals surface area (Å²) in [6, 6.07) is 11.3. The summed E-state index contributed by atoms with van der Waals surface area (Å²) in [7, 11) is 0. The highest BCUT2D eigenvalue weighted by atomic mass is 15.2. The molecule has 6 rings (SSSR count). The summed E-state index contributed by atoms with van der Waals surface area (Å²) in [5.41, 5.74) is 4.92. The average molecular weight is 413 g/mol. The minimum Gasteiger partial charge on any atom is -0.322 e. The first-order chi connectivity index (χ1) is 15.3. The predicted octanol–water partition coefficient (Wildman–Crippen LogP) is 5.12. The Balaban J connectivity index is 1.41. The maximum Gasteiger partial charge on any atom is 0.230 e. The second kappa shape index (κ2) is 7.61. The Morgan fingerprint density at radius 3 is 2.77 bits per heavy atom. The van der Waals surface area contributed by atoms with Crippen LogP contribution in [-0.4, -0.2) is 26.1 Å². The molecule has 4 heterocycles. The lowest BCUT2D eigenvalue weighted by Crippen LogP contribution is -2.23. The van der Waals surface area contributed by atoms with Crippen LogP contribution < -0.4 is 10.6 Å². The molecule has 2 aliphatic rings. The minimum atomic E-state index is 0.496. The van der Waals surface area contributed by atoms with Crippen molar-refractivity contribution in [2.45, 2.75) is 51.6 Å². The number of hydrogen-bond donors (Lipinski definition) is 2. The summed E-state index contributed by atoms with van der Waals surface area (Å²) in [6.07, 6.45) is 9.94. The Hall–Kier alpha value is -2.99. The molecule has 0 saturated heterocycles. The van der Waals surface area contributed by atoms with E-state index in [1.807, 2.05) is 12.4 Å². The highest BCUT2D eigenvalue weighted by molar-refractivity contribution is 6.06. The van der Waals surface area contributed by atoms with Gasteiger partial charge in [-0.2, -0.15) is 4.98 Å². The van der Waals surface area contributed by atoms with E-state index in [0.29, 0.717) is 12.0 Å². The fourth-order valence-electron chi connectivity index (χ4n) is 5.25. The van der Waals surface area contributed by atoms with Crippen LogP contribution in [0.15, 0.2) is 42.7 Å². The topological polar surface area (TPSA) is 67.7 Å². The number of benzene rings is 1. The molecular formula is C25H28N6. The van der Waals surface area contributed by atoms with E-state index in [1.54, 1.807) is 0 Å². The fourth-order valence-corrected chi connectivity index (χ4v) is 5.25. The highest BCUT2D eigenvalue weighted by Crippen LogP contribution is 2.38. The van der Waals surface area contributed by atoms with Crippen LogP contribution in [0.5, 0.6) is 0 Å². The number of hydrogen-bond acceptors (Lipinski definition) is 5. The van der Waals surface area contributed by atoms with Gasteiger partial charge in [0.1, 0.15) is 11.5 Å². The first-order valence-electron chi connectivity index (χ1n) is 11.5. The van der Waals surface area contributed by atoms with Gasteiger partial charge in [-0.1, -0.05) is 25.1 Å². The van der Waals surface area contributed by atoms with Crippen molar-refractivity contribution in [3.05, 3.63) is 53.9 Å². The Morgan fingerprint density at radius 1 is 1.00 bits per heavy atom. The summed E-state index contributed by atoms with van der Waals surface area (Å²) >= 11 is 0. The summed E-state index contributed by atoms with van der Waals surface area (Å²) in [5, 5.41) is 9.12. The van der Waals surface area contributed by atoms with Crippen LogP contribution >= 0.6 is 0 Å². The first-order valence-corrected chi connectivity index (χ1v) is 11.5. The van der Waals surface area contributed by atoms with E-state index in [4.69, 9.17) is 4.98 Å². The number of para-hydroxylation sites is 1. The minimum absolute atomic E-state index is 0.496. The second-order valence-corrected chi connectivity index (χ2v) is 9.12. The molecule has 0 bridgehead atoms. The number of fused-ring (bicyclic) bond motifs is 4. The third-order valence-electron chi connectivity index (χ3n) is 7.01. The van der Waals surface area contributed by atoms with Crippen molar-refractivity contribution in [2.75, 3.05) is 11.9 Å². The van der Waals surface area contributed by atoms with Crippen molar-refractivity contribution >= 4 is 33.7 Å². The number of nitrogens with one attached hydrogen (secondary N) is 2. The average Bonchev–Trinajstić information content (AvgIpc) is 3.13. The van der Waals surface area contributed by atoms with Crippen LogP contribution in [-0.2, 0) is 13.0 Å². The summed E-state index contributed by atoms with van der Waals surface area (Å²) in [6.45, 7) is 4.28. The summed E-state index contributed by atoms with van der Waals surface area (Å²) < 4.78 is 2.47. The monoisotopic (exact) mass is 412 g/mol. The molecule has 2 N–H and O–H groups in total. The first kappa shape index (κ1) is 18.8. The van der Waals surface area contributed by atoms with Gasteiger partial charge in [0, 0.05) is 35.8 Å². The van der Waals surface area contributed by atoms with Gasteiger partial charge in [0.25, 0.3) is 0 Å². The van der Waals surface area contributed by atoms with Crippen LogP contribution in [0, 0.1) is 5.92 Å². The number of anilines is 2. The van der Waals surface area contributed by atoms with Gasteiger partial charge in [0.2, 0.25) is 5.95 Å². The number of aromatic nitrogens is 4. The molecule has 0 unspecified atom stereocenters. The maximum atomic E-state index is 5.00. The van der Waals surface area contributed by atoms with E-state index in [-0.39, 0.29) is 0 Å². The third kappa shape index (κ3) is 3.35. The molecule has 0 radical (unpaired) electrons. The molecule has 1 saturated carbocycles. The van der Waals surface area contributed by atoms with Gasteiger partial charge in [0.05, 0.1) is 5.52 Å². The Kier molecular flexibility index (Phi) is 4.60. The number of rotatable bonds is 3. The second-order valence-electron chi connectivity index (χ2n) is 9.12. The summed E-state index contributed by atoms with van der Waals surface area (Å²) in [5.74, 6) is 2.25. The molecule has 0 atom stereocenters. The molecule has 158 valence electrons. The zero-order chi connectivity index (χ0) is 20.8. The van der Waals surface area contributed by atoms with Gasteiger partial charge in [-0.25, -0.2) is 9.97 Å². The van der Waals surface area contributed by atoms with Crippen LogP contribution in [0.3, 0.4) is 0 Å². The molecule has 4 aromatic rings. The molecule has 6 heteroatoms. The van der Waals surface area contributed by atoms with Gasteiger partial charge in [-0.05, 0) is 67.8 Å². The molecule has 0 spiro atoms. The lowest BCUT2D eigenvalue weighted by atomic mass is 9.87. The van der Waals surface area contributed by atoms with Crippen molar-refractivity contribution in [2.24, 2.45) is 5.92 Å². The quantitative estimate of drug-likeness (QED) is 0.489. The van der Waals surface area contributed by atoms with E-state index >= 15 is 0 Å². The third-order valence-corrected chi connectivity index (χ3v) is 7.01. The largest absolute Gasteiger partial charge is 0.322 e. The van der Waals surface area contributed by atoms with Gasteiger partial charge >= 0.3 is 0 Å². The normalized spacial score (nSPS) is 21.3. The van der Waals surface area contributed by atoms with Crippen LogP contribution in [0.1, 0.15) is 49.8 Å². The van der Waals surface area contributed by atoms with E-state index in [2.05, 4.69) is 62.4 Å². The van der Waals surface area contributed by atoms with Gasteiger partial charge in [-0.15, -0.1) is 0 Å². The molecule has 1 fully saturated rings. The fraction of sp³-hybridized carbons (Fsp3) is 0.400. The molecular weight excluding hydrogens is 384 g/mol. The molecule has 1 aromatic carbocycles. The number of pyridine rings is 1. The molecule has 1 aliphatic heterocycles. The van der Waals surface area contributed by atoms with Crippen molar-refractivity contribution in [1.82, 2.24) is 24.8 Å². The molecule has 0 amide bonds. The zero-order valence-electron chi connectivity index (χ0n) is 17.9. The van der Waals surface area contributed by atoms with Gasteiger partial charge < -0.3 is 15.2 Å². The van der Waals surface area contributed by atoms with Gasteiger partial charge in [-0.3, -0.25) is 0 Å². The Labute approximate surface area is 182 Å². The van der Waals surface area contributed by atoms with Crippen molar-refractivity contribution < 1.29 is 0 Å². The van der Waals surface area contributed by atoms with Crippen molar-refractivity contribution in [3.8, 4) is 0 Å². The van der Waals surface area contributed by atoms with Gasteiger partial charge in [0.15, 0.2) is 0 Å². The van der Waals surface area contributed by atoms with Crippen molar-refractivity contribution in [3.63, 3.8) is 0 Å². The van der Waals surface area contributed by atoms with E-state index < -0.39 is 0 Å². The molecule has 31 heavy (non-hydrogen) atoms. The predicted molar refractivity (Wildman–Crippen MR) is 125 cm³/mol. The molecule has 3 aromatic heterocycles. The Morgan fingerprint density at radius 2 is 1.87 bits per heavy atom. The van der Waals surface area contributed by atoms with E-state index in [1.165, 1.54) is 47.7 Å². The lowest BCUT2D eigenvalue weighted by molar-refractivity contribution is 0.298. The van der Waals surface area contributed by atoms with Crippen LogP contribution in [0.4, 0.5) is 11.8 Å². The maximum absolute atomic E-state index is 5.00. The SMILES string of the molecule is CC1CCC(n2c3ccccc3c3cnc(Nc4cc5c(cn4)CNCC5)nc32)CC1. The van der Waals surface area contributed by atoms with Crippen LogP contribution in [0.2, 0.25) is 0 Å². The zero-order valence-corrected chi connectivity index (χ0v) is 17.9. The van der Waals surface area contributed by atoms with E-state index in [0.717, 1.165) is 42.3 Å². The smallest absolute Gasteiger partial charge is 0.230 e. The molecule has 1 aliphatic carbocycles. The summed E-state index contributed by atoms with van der Waals surface area (Å²) in [4.78, 5) is 14.2. The van der Waals surface area contributed by atoms with E-state index in [9.17, 15) is 0 Å². The van der Waals surface area contributed by atoms with Crippen LogP contribution in [0.25, 0.3) is 21.9 Å². The molecule has 6 nitrogen and oxygen atoms in total. The van der Waals surface area contributed by atoms with Crippen molar-refractivity contribution in [1.29, 1.82) is 0 Å². The lowest BCUT2D eigenvalue weighted by Gasteiger charge is -2.28. The highest BCUT2D eigenvalue weighted by Gasteiger charge is 2.24. The standard InChI is InChI=1S/C25H28N6/c1-16-6-8-19(9-7-16)31-22-5-3-2-4-20(22)21-15-28-25(30-24(21)31)29-23-12-17-10-11-26-13-18(17)14-27-23/h2-5,12,14-16,19,26H,6-11,13H2,1H3,(H,27,28,29,30).